The number of hydrogen-bond acceptors (Lipinski definition) is 2. The van der Waals surface area contributed by atoms with Crippen LogP contribution in [0.5, 0.6) is 0 Å². The van der Waals surface area contributed by atoms with Gasteiger partial charge in [-0.05, 0) is 30.5 Å². The van der Waals surface area contributed by atoms with Crippen molar-refractivity contribution in [2.45, 2.75) is 26.2 Å². The maximum Gasteiger partial charge on any atom is 0.260 e. The predicted molar refractivity (Wildman–Crippen MR) is 73.2 cm³/mol. The molecular weight excluding hydrogens is 294 g/mol. The molecule has 0 aromatic heterocycles. The van der Waals surface area contributed by atoms with E-state index < -0.39 is 0 Å². The summed E-state index contributed by atoms with van der Waals surface area (Å²) in [6, 6.07) is 7.17. The number of nitrogens with zero attached hydrogens (tertiary/aromatic N) is 1. The number of amides is 2. The third kappa shape index (κ3) is 2.80. The lowest BCUT2D eigenvalue weighted by Gasteiger charge is -2.14. The minimum absolute atomic E-state index is 0.0431. The lowest BCUT2D eigenvalue weighted by Crippen LogP contribution is -2.32. The highest BCUT2D eigenvalue weighted by Gasteiger charge is 2.33. The monoisotopic (exact) mass is 309 g/mol. The fraction of sp³-hybridized carbons (Fsp3) is 0.429. The van der Waals surface area contributed by atoms with Crippen LogP contribution >= 0.6 is 15.9 Å². The summed E-state index contributed by atoms with van der Waals surface area (Å²) in [5, 5.41) is 0. The molecule has 0 radical (unpaired) electrons. The SMILES string of the molecule is CCCC1CC(=O)N(C(=O)c2cccc(Br)c2)C1. The molecule has 3 nitrogen and oxygen atoms in total. The summed E-state index contributed by atoms with van der Waals surface area (Å²) in [6.07, 6.45) is 2.57. The molecule has 0 bridgehead atoms. The molecule has 96 valence electrons. The largest absolute Gasteiger partial charge is 0.278 e. The summed E-state index contributed by atoms with van der Waals surface area (Å²) < 4.78 is 0.852. The van der Waals surface area contributed by atoms with Crippen LogP contribution in [0.25, 0.3) is 0 Å². The zero-order valence-electron chi connectivity index (χ0n) is 10.4. The summed E-state index contributed by atoms with van der Waals surface area (Å²) >= 11 is 3.34. The van der Waals surface area contributed by atoms with Gasteiger partial charge in [-0.3, -0.25) is 14.5 Å². The van der Waals surface area contributed by atoms with E-state index in [1.165, 1.54) is 4.90 Å². The highest BCUT2D eigenvalue weighted by molar-refractivity contribution is 9.10. The molecule has 0 N–H and O–H groups in total. The summed E-state index contributed by atoms with van der Waals surface area (Å²) in [5.74, 6) is 0.108. The Bertz CT molecular complexity index is 473. The minimum atomic E-state index is -0.181. The molecule has 0 saturated carbocycles. The van der Waals surface area contributed by atoms with Gasteiger partial charge < -0.3 is 0 Å². The second-order valence-electron chi connectivity index (χ2n) is 4.68. The molecule has 0 spiro atoms. The molecule has 1 saturated heterocycles. The topological polar surface area (TPSA) is 37.4 Å². The number of likely N-dealkylation sites (tertiary alicyclic amines) is 1. The Morgan fingerprint density at radius 2 is 2.28 bits per heavy atom. The molecule has 1 fully saturated rings. The maximum atomic E-state index is 12.2. The van der Waals surface area contributed by atoms with Gasteiger partial charge in [0.05, 0.1) is 0 Å². The molecule has 18 heavy (non-hydrogen) atoms. The van der Waals surface area contributed by atoms with Crippen molar-refractivity contribution in [2.75, 3.05) is 6.54 Å². The zero-order chi connectivity index (χ0) is 13.1. The van der Waals surface area contributed by atoms with Crippen LogP contribution in [0.15, 0.2) is 28.7 Å². The molecule has 1 heterocycles. The molecule has 1 aliphatic heterocycles. The first-order valence-corrected chi connectivity index (χ1v) is 7.01. The quantitative estimate of drug-likeness (QED) is 0.804. The van der Waals surface area contributed by atoms with Crippen LogP contribution in [0.3, 0.4) is 0 Å². The van der Waals surface area contributed by atoms with Gasteiger partial charge in [0.25, 0.3) is 5.91 Å². The number of imide groups is 1. The Balaban J connectivity index is 2.12. The highest BCUT2D eigenvalue weighted by Crippen LogP contribution is 2.24. The summed E-state index contributed by atoms with van der Waals surface area (Å²) in [7, 11) is 0. The van der Waals surface area contributed by atoms with Gasteiger partial charge in [0, 0.05) is 23.0 Å². The van der Waals surface area contributed by atoms with E-state index in [2.05, 4.69) is 22.9 Å². The number of hydrogen-bond donors (Lipinski definition) is 0. The van der Waals surface area contributed by atoms with Crippen LogP contribution in [0.4, 0.5) is 0 Å². The van der Waals surface area contributed by atoms with Gasteiger partial charge in [0.1, 0.15) is 0 Å². The Morgan fingerprint density at radius 1 is 1.50 bits per heavy atom. The predicted octanol–water partition coefficient (Wildman–Crippen LogP) is 3.24. The average Bonchev–Trinajstić information content (AvgIpc) is 2.70. The maximum absolute atomic E-state index is 12.2. The molecule has 1 aromatic rings. The van der Waals surface area contributed by atoms with E-state index in [4.69, 9.17) is 0 Å². The lowest BCUT2D eigenvalue weighted by atomic mass is 10.0. The second kappa shape index (κ2) is 5.65. The van der Waals surface area contributed by atoms with Crippen LogP contribution in [-0.2, 0) is 4.79 Å². The molecular formula is C14H16BrNO2. The number of benzene rings is 1. The number of carbonyl (C=O) groups excluding carboxylic acids is 2. The number of halogens is 1. The van der Waals surface area contributed by atoms with Crippen LogP contribution in [-0.4, -0.2) is 23.3 Å². The van der Waals surface area contributed by atoms with Crippen molar-refractivity contribution < 1.29 is 9.59 Å². The smallest absolute Gasteiger partial charge is 0.260 e. The fourth-order valence-corrected chi connectivity index (χ4v) is 2.76. The van der Waals surface area contributed by atoms with Crippen molar-refractivity contribution in [3.63, 3.8) is 0 Å². The van der Waals surface area contributed by atoms with E-state index >= 15 is 0 Å². The third-order valence-corrected chi connectivity index (χ3v) is 3.71. The van der Waals surface area contributed by atoms with Gasteiger partial charge in [-0.2, -0.15) is 0 Å². The summed E-state index contributed by atoms with van der Waals surface area (Å²) in [6.45, 7) is 2.67. The Morgan fingerprint density at radius 3 is 2.94 bits per heavy atom. The standard InChI is InChI=1S/C14H16BrNO2/c1-2-4-10-7-13(17)16(9-10)14(18)11-5-3-6-12(15)8-11/h3,5-6,8,10H,2,4,7,9H2,1H3. The van der Waals surface area contributed by atoms with Crippen molar-refractivity contribution in [3.8, 4) is 0 Å². The zero-order valence-corrected chi connectivity index (χ0v) is 11.9. The van der Waals surface area contributed by atoms with E-state index in [1.54, 1.807) is 18.2 Å². The van der Waals surface area contributed by atoms with Gasteiger partial charge >= 0.3 is 0 Å². The second-order valence-corrected chi connectivity index (χ2v) is 5.59. The third-order valence-electron chi connectivity index (χ3n) is 3.22. The van der Waals surface area contributed by atoms with Crippen LogP contribution in [0.2, 0.25) is 0 Å². The molecule has 0 aliphatic carbocycles. The average molecular weight is 310 g/mol. The van der Waals surface area contributed by atoms with Gasteiger partial charge in [-0.15, -0.1) is 0 Å². The molecule has 2 amide bonds. The summed E-state index contributed by atoms with van der Waals surface area (Å²) in [4.78, 5) is 25.5. The minimum Gasteiger partial charge on any atom is -0.278 e. The van der Waals surface area contributed by atoms with E-state index in [0.29, 0.717) is 24.4 Å². The molecule has 1 atom stereocenters. The highest BCUT2D eigenvalue weighted by atomic mass is 79.9. The van der Waals surface area contributed by atoms with Crippen LogP contribution in [0.1, 0.15) is 36.5 Å². The van der Waals surface area contributed by atoms with Gasteiger partial charge in [0.2, 0.25) is 5.91 Å². The van der Waals surface area contributed by atoms with Crippen LogP contribution in [0, 0.1) is 5.92 Å². The van der Waals surface area contributed by atoms with E-state index in [-0.39, 0.29) is 11.8 Å². The van der Waals surface area contributed by atoms with Crippen molar-refractivity contribution in [1.29, 1.82) is 0 Å². The van der Waals surface area contributed by atoms with E-state index in [9.17, 15) is 9.59 Å². The van der Waals surface area contributed by atoms with Gasteiger partial charge in [0.15, 0.2) is 0 Å². The Kier molecular flexibility index (Phi) is 4.17. The van der Waals surface area contributed by atoms with Crippen molar-refractivity contribution in [2.24, 2.45) is 5.92 Å². The molecule has 1 aromatic carbocycles. The number of rotatable bonds is 3. The lowest BCUT2D eigenvalue weighted by molar-refractivity contribution is -0.125. The summed E-state index contributed by atoms with van der Waals surface area (Å²) in [5.41, 5.74) is 0.565. The van der Waals surface area contributed by atoms with Crippen LogP contribution < -0.4 is 0 Å². The van der Waals surface area contributed by atoms with E-state index in [0.717, 1.165) is 17.3 Å². The van der Waals surface area contributed by atoms with Crippen molar-refractivity contribution in [1.82, 2.24) is 4.90 Å². The normalized spacial score (nSPS) is 19.3. The van der Waals surface area contributed by atoms with Gasteiger partial charge in [-0.25, -0.2) is 0 Å². The Hall–Kier alpha value is -1.16. The Labute approximate surface area is 115 Å². The molecule has 4 heteroatoms. The van der Waals surface area contributed by atoms with E-state index in [1.807, 2.05) is 6.07 Å². The van der Waals surface area contributed by atoms with Gasteiger partial charge in [-0.1, -0.05) is 35.3 Å². The van der Waals surface area contributed by atoms with Crippen molar-refractivity contribution in [3.05, 3.63) is 34.3 Å². The molecule has 1 aliphatic rings. The molecule has 2 rings (SSSR count). The first kappa shape index (κ1) is 13.3. The fourth-order valence-electron chi connectivity index (χ4n) is 2.36. The molecule has 1 unspecified atom stereocenters. The number of carbonyl (C=O) groups is 2. The first-order valence-electron chi connectivity index (χ1n) is 6.22. The van der Waals surface area contributed by atoms with Crippen molar-refractivity contribution >= 4 is 27.7 Å². The first-order chi connectivity index (χ1) is 8.61.